The molecular formula is C20H18BrN3O2. The third-order valence-corrected chi connectivity index (χ3v) is 4.49. The summed E-state index contributed by atoms with van der Waals surface area (Å²) in [5.41, 5.74) is 1.35. The van der Waals surface area contributed by atoms with Crippen LogP contribution in [0.1, 0.15) is 32.7 Å². The Balaban J connectivity index is 1.66. The standard InChI is InChI=1S/C20H18BrN3O2/c21-16-8-6-15(7-9-16)19(25)17-4-1-2-5-18(17)20(26)23-10-3-12-24-13-11-22-14-24/h1-2,4-9,11,13-14H,3,10,12H2,(H,23,26). The molecule has 26 heavy (non-hydrogen) atoms. The van der Waals surface area contributed by atoms with Gasteiger partial charge in [0.2, 0.25) is 0 Å². The summed E-state index contributed by atoms with van der Waals surface area (Å²) in [6.45, 7) is 1.30. The van der Waals surface area contributed by atoms with E-state index in [2.05, 4.69) is 26.2 Å². The van der Waals surface area contributed by atoms with Crippen LogP contribution in [0.25, 0.3) is 0 Å². The summed E-state index contributed by atoms with van der Waals surface area (Å²) in [6, 6.07) is 14.0. The second-order valence-electron chi connectivity index (χ2n) is 5.79. The van der Waals surface area contributed by atoms with Crippen LogP contribution in [0, 0.1) is 0 Å². The molecule has 0 aliphatic rings. The lowest BCUT2D eigenvalue weighted by atomic mass is 9.98. The van der Waals surface area contributed by atoms with Crippen LogP contribution < -0.4 is 5.32 Å². The van der Waals surface area contributed by atoms with E-state index in [4.69, 9.17) is 0 Å². The van der Waals surface area contributed by atoms with Gasteiger partial charge in [0, 0.05) is 41.1 Å². The van der Waals surface area contributed by atoms with Gasteiger partial charge in [-0.25, -0.2) is 4.98 Å². The lowest BCUT2D eigenvalue weighted by Crippen LogP contribution is -2.27. The fourth-order valence-electron chi connectivity index (χ4n) is 2.61. The summed E-state index contributed by atoms with van der Waals surface area (Å²) in [4.78, 5) is 29.3. The summed E-state index contributed by atoms with van der Waals surface area (Å²) in [5.74, 6) is -0.404. The van der Waals surface area contributed by atoms with Gasteiger partial charge >= 0.3 is 0 Å². The average molecular weight is 412 g/mol. The van der Waals surface area contributed by atoms with Gasteiger partial charge in [0.25, 0.3) is 5.91 Å². The Morgan fingerprint density at radius 2 is 1.77 bits per heavy atom. The normalized spacial score (nSPS) is 10.5. The Hall–Kier alpha value is -2.73. The predicted octanol–water partition coefficient (Wildman–Crippen LogP) is 3.70. The second kappa shape index (κ2) is 8.58. The largest absolute Gasteiger partial charge is 0.352 e. The van der Waals surface area contributed by atoms with E-state index in [1.807, 2.05) is 22.9 Å². The molecule has 0 fully saturated rings. The van der Waals surface area contributed by atoms with E-state index >= 15 is 0 Å². The quantitative estimate of drug-likeness (QED) is 0.476. The third-order valence-electron chi connectivity index (χ3n) is 3.96. The van der Waals surface area contributed by atoms with Gasteiger partial charge in [-0.1, -0.05) is 34.1 Å². The van der Waals surface area contributed by atoms with Crippen LogP contribution in [0.5, 0.6) is 0 Å². The highest BCUT2D eigenvalue weighted by Crippen LogP contribution is 2.17. The van der Waals surface area contributed by atoms with Crippen molar-refractivity contribution in [2.75, 3.05) is 6.54 Å². The number of nitrogens with one attached hydrogen (secondary N) is 1. The lowest BCUT2D eigenvalue weighted by Gasteiger charge is -2.10. The molecule has 0 unspecified atom stereocenters. The molecule has 0 radical (unpaired) electrons. The Labute approximate surface area is 160 Å². The highest BCUT2D eigenvalue weighted by atomic mass is 79.9. The zero-order valence-electron chi connectivity index (χ0n) is 14.1. The van der Waals surface area contributed by atoms with Crippen molar-refractivity contribution in [2.24, 2.45) is 0 Å². The van der Waals surface area contributed by atoms with Crippen molar-refractivity contribution < 1.29 is 9.59 Å². The van der Waals surface area contributed by atoms with Gasteiger partial charge in [0.15, 0.2) is 5.78 Å². The molecule has 1 N–H and O–H groups in total. The summed E-state index contributed by atoms with van der Waals surface area (Å²) >= 11 is 3.36. The number of aryl methyl sites for hydroxylation is 1. The zero-order chi connectivity index (χ0) is 18.4. The smallest absolute Gasteiger partial charge is 0.252 e. The van der Waals surface area contributed by atoms with Crippen molar-refractivity contribution in [1.29, 1.82) is 0 Å². The minimum atomic E-state index is -0.239. The van der Waals surface area contributed by atoms with Crippen LogP contribution in [0.3, 0.4) is 0 Å². The van der Waals surface area contributed by atoms with Gasteiger partial charge in [-0.15, -0.1) is 0 Å². The number of amides is 1. The van der Waals surface area contributed by atoms with Crippen LogP contribution in [0.15, 0.2) is 71.7 Å². The first-order valence-corrected chi connectivity index (χ1v) is 9.07. The third kappa shape index (κ3) is 4.46. The number of benzene rings is 2. The molecule has 0 atom stereocenters. The molecule has 132 valence electrons. The summed E-state index contributed by atoms with van der Waals surface area (Å²) < 4.78 is 2.86. The molecule has 1 heterocycles. The Morgan fingerprint density at radius 3 is 2.46 bits per heavy atom. The van der Waals surface area contributed by atoms with Gasteiger partial charge in [-0.2, -0.15) is 0 Å². The van der Waals surface area contributed by atoms with E-state index in [9.17, 15) is 9.59 Å². The molecule has 0 aliphatic carbocycles. The summed E-state index contributed by atoms with van der Waals surface area (Å²) in [7, 11) is 0. The number of imidazole rings is 1. The van der Waals surface area contributed by atoms with Crippen molar-refractivity contribution in [1.82, 2.24) is 14.9 Å². The fraction of sp³-hybridized carbons (Fsp3) is 0.150. The van der Waals surface area contributed by atoms with Gasteiger partial charge in [0.05, 0.1) is 11.9 Å². The van der Waals surface area contributed by atoms with E-state index in [1.54, 1.807) is 48.9 Å². The number of rotatable bonds is 7. The molecule has 0 spiro atoms. The maximum absolute atomic E-state index is 12.8. The maximum Gasteiger partial charge on any atom is 0.252 e. The molecular weight excluding hydrogens is 394 g/mol. The highest BCUT2D eigenvalue weighted by molar-refractivity contribution is 9.10. The number of carbonyl (C=O) groups excluding carboxylic acids is 2. The second-order valence-corrected chi connectivity index (χ2v) is 6.71. The van der Waals surface area contributed by atoms with Crippen LogP contribution in [-0.2, 0) is 6.54 Å². The van der Waals surface area contributed by atoms with Crippen LogP contribution in [-0.4, -0.2) is 27.8 Å². The Bertz CT molecular complexity index is 890. The number of halogens is 1. The first-order chi connectivity index (χ1) is 12.6. The Morgan fingerprint density at radius 1 is 1.04 bits per heavy atom. The van der Waals surface area contributed by atoms with E-state index < -0.39 is 0 Å². The van der Waals surface area contributed by atoms with E-state index in [0.29, 0.717) is 23.2 Å². The Kier molecular flexibility index (Phi) is 5.96. The minimum absolute atomic E-state index is 0.165. The monoisotopic (exact) mass is 411 g/mol. The van der Waals surface area contributed by atoms with Crippen molar-refractivity contribution in [3.05, 3.63) is 88.4 Å². The molecule has 1 amide bonds. The molecule has 0 aliphatic heterocycles. The predicted molar refractivity (Wildman–Crippen MR) is 103 cm³/mol. The molecule has 0 bridgehead atoms. The minimum Gasteiger partial charge on any atom is -0.352 e. The van der Waals surface area contributed by atoms with Crippen molar-refractivity contribution in [2.45, 2.75) is 13.0 Å². The molecule has 3 aromatic rings. The number of nitrogens with zero attached hydrogens (tertiary/aromatic N) is 2. The number of carbonyl (C=O) groups is 2. The van der Waals surface area contributed by atoms with Crippen molar-refractivity contribution >= 4 is 27.6 Å². The lowest BCUT2D eigenvalue weighted by molar-refractivity contribution is 0.0941. The van der Waals surface area contributed by atoms with E-state index in [1.165, 1.54) is 0 Å². The SMILES string of the molecule is O=C(NCCCn1ccnc1)c1ccccc1C(=O)c1ccc(Br)cc1. The first-order valence-electron chi connectivity index (χ1n) is 8.28. The molecule has 0 saturated heterocycles. The fourth-order valence-corrected chi connectivity index (χ4v) is 2.88. The molecule has 0 saturated carbocycles. The van der Waals surface area contributed by atoms with Gasteiger partial charge in [-0.3, -0.25) is 9.59 Å². The molecule has 6 heteroatoms. The van der Waals surface area contributed by atoms with Gasteiger partial charge in [0.1, 0.15) is 0 Å². The molecule has 2 aromatic carbocycles. The average Bonchev–Trinajstić information content (AvgIpc) is 3.18. The number of hydrogen-bond donors (Lipinski definition) is 1. The topological polar surface area (TPSA) is 64.0 Å². The maximum atomic E-state index is 12.8. The summed E-state index contributed by atoms with van der Waals surface area (Å²) in [5, 5.41) is 2.88. The molecule has 5 nitrogen and oxygen atoms in total. The number of aromatic nitrogens is 2. The van der Waals surface area contributed by atoms with Crippen molar-refractivity contribution in [3.63, 3.8) is 0 Å². The van der Waals surface area contributed by atoms with Crippen LogP contribution >= 0.6 is 15.9 Å². The van der Waals surface area contributed by atoms with Gasteiger partial charge < -0.3 is 9.88 Å². The first kappa shape index (κ1) is 18.1. The number of ketones is 1. The molecule has 1 aromatic heterocycles. The highest BCUT2D eigenvalue weighted by Gasteiger charge is 2.17. The molecule has 3 rings (SSSR count). The summed E-state index contributed by atoms with van der Waals surface area (Å²) in [6.07, 6.45) is 6.13. The number of hydrogen-bond acceptors (Lipinski definition) is 3. The van der Waals surface area contributed by atoms with Crippen molar-refractivity contribution in [3.8, 4) is 0 Å². The zero-order valence-corrected chi connectivity index (χ0v) is 15.6. The van der Waals surface area contributed by atoms with E-state index in [-0.39, 0.29) is 11.7 Å². The van der Waals surface area contributed by atoms with Crippen LogP contribution in [0.2, 0.25) is 0 Å². The van der Waals surface area contributed by atoms with Crippen LogP contribution in [0.4, 0.5) is 0 Å². The van der Waals surface area contributed by atoms with E-state index in [0.717, 1.165) is 17.4 Å². The van der Waals surface area contributed by atoms with Gasteiger partial charge in [-0.05, 0) is 36.8 Å².